The van der Waals surface area contributed by atoms with Crippen molar-refractivity contribution >= 4 is 27.3 Å². The molecule has 0 radical (unpaired) electrons. The van der Waals surface area contributed by atoms with E-state index >= 15 is 0 Å². The first-order valence-electron chi connectivity index (χ1n) is 9.66. The van der Waals surface area contributed by atoms with Crippen LogP contribution in [0.5, 0.6) is 0 Å². The molecule has 0 saturated heterocycles. The Bertz CT molecular complexity index is 1450. The van der Waals surface area contributed by atoms with Gasteiger partial charge in [0, 0.05) is 18.0 Å². The molecule has 0 fully saturated rings. The molecule has 0 aliphatic heterocycles. The van der Waals surface area contributed by atoms with Crippen molar-refractivity contribution in [3.05, 3.63) is 106 Å². The number of hydrogen-bond donors (Lipinski definition) is 1. The smallest absolute Gasteiger partial charge is 0.338 e. The van der Waals surface area contributed by atoms with E-state index in [2.05, 4.69) is 9.71 Å². The van der Waals surface area contributed by atoms with Gasteiger partial charge in [-0.1, -0.05) is 18.2 Å². The van der Waals surface area contributed by atoms with E-state index in [4.69, 9.17) is 4.74 Å². The second-order valence-electron chi connectivity index (χ2n) is 7.09. The highest BCUT2D eigenvalue weighted by Gasteiger charge is 2.16. The normalized spacial score (nSPS) is 11.3. The highest BCUT2D eigenvalue weighted by Crippen LogP contribution is 2.17. The average molecular weight is 449 g/mol. The fraction of sp³-hybridized carbons (Fsp3) is 0.0870. The number of anilines is 1. The quantitative estimate of drug-likeness (QED) is 0.453. The van der Waals surface area contributed by atoms with Crippen molar-refractivity contribution in [3.8, 4) is 0 Å². The molecule has 0 bridgehead atoms. The van der Waals surface area contributed by atoms with Crippen LogP contribution in [0.2, 0.25) is 0 Å². The molecule has 0 aliphatic carbocycles. The van der Waals surface area contributed by atoms with Crippen molar-refractivity contribution in [2.24, 2.45) is 0 Å². The fourth-order valence-electron chi connectivity index (χ4n) is 3.04. The number of benzene rings is 2. The molecule has 32 heavy (non-hydrogen) atoms. The number of sulfonamides is 1. The van der Waals surface area contributed by atoms with Crippen LogP contribution in [0.25, 0.3) is 5.65 Å². The summed E-state index contributed by atoms with van der Waals surface area (Å²) in [5, 5.41) is 0. The Morgan fingerprint density at radius 2 is 1.75 bits per heavy atom. The third-order valence-corrected chi connectivity index (χ3v) is 6.05. The van der Waals surface area contributed by atoms with Gasteiger partial charge in [0.15, 0.2) is 0 Å². The highest BCUT2D eigenvalue weighted by atomic mass is 32.2. The van der Waals surface area contributed by atoms with Gasteiger partial charge in [-0.15, -0.1) is 0 Å². The maximum atomic E-state index is 12.5. The lowest BCUT2D eigenvalue weighted by Crippen LogP contribution is -2.17. The Hall–Kier alpha value is -3.98. The zero-order chi connectivity index (χ0) is 22.7. The number of para-hydroxylation sites is 1. The summed E-state index contributed by atoms with van der Waals surface area (Å²) in [5.74, 6) is -0.656. The number of carbonyl (C=O) groups excluding carboxylic acids is 1. The second-order valence-corrected chi connectivity index (χ2v) is 8.77. The number of nitrogens with one attached hydrogen (secondary N) is 1. The fourth-order valence-corrected chi connectivity index (χ4v) is 4.10. The van der Waals surface area contributed by atoms with Crippen molar-refractivity contribution in [1.29, 1.82) is 0 Å². The van der Waals surface area contributed by atoms with Crippen molar-refractivity contribution in [2.45, 2.75) is 18.4 Å². The predicted octanol–water partition coefficient (Wildman–Crippen LogP) is 3.16. The maximum absolute atomic E-state index is 12.5. The molecule has 2 aromatic heterocycles. The minimum atomic E-state index is -3.79. The summed E-state index contributed by atoms with van der Waals surface area (Å²) >= 11 is 0. The molecule has 162 valence electrons. The first kappa shape index (κ1) is 21.3. The summed E-state index contributed by atoms with van der Waals surface area (Å²) in [6, 6.07) is 18.7. The SMILES string of the molecule is Cc1ccn2c(=O)cc(COC(=O)c3ccc(S(=O)(=O)Nc4ccccc4)cc3)nc2c1. The molecule has 0 aliphatic rings. The number of aromatic nitrogens is 2. The van der Waals surface area contributed by atoms with Gasteiger partial charge in [-0.2, -0.15) is 0 Å². The molecule has 4 rings (SSSR count). The summed E-state index contributed by atoms with van der Waals surface area (Å²) in [6.45, 7) is 1.70. The number of rotatable bonds is 6. The van der Waals surface area contributed by atoms with Gasteiger partial charge in [0.25, 0.3) is 15.6 Å². The number of hydrogen-bond acceptors (Lipinski definition) is 6. The summed E-state index contributed by atoms with van der Waals surface area (Å²) in [4.78, 5) is 28.9. The van der Waals surface area contributed by atoms with Crippen LogP contribution >= 0.6 is 0 Å². The van der Waals surface area contributed by atoms with Crippen LogP contribution in [0.4, 0.5) is 5.69 Å². The zero-order valence-electron chi connectivity index (χ0n) is 17.1. The molecule has 4 aromatic rings. The Labute approximate surface area is 184 Å². The number of carbonyl (C=O) groups is 1. The van der Waals surface area contributed by atoms with Crippen LogP contribution < -0.4 is 10.3 Å². The van der Waals surface area contributed by atoms with E-state index in [0.717, 1.165) is 5.56 Å². The van der Waals surface area contributed by atoms with Gasteiger partial charge < -0.3 is 4.74 Å². The number of ether oxygens (including phenoxy) is 1. The third kappa shape index (κ3) is 4.68. The number of fused-ring (bicyclic) bond motifs is 1. The topological polar surface area (TPSA) is 107 Å². The highest BCUT2D eigenvalue weighted by molar-refractivity contribution is 7.92. The molecular weight excluding hydrogens is 430 g/mol. The largest absolute Gasteiger partial charge is 0.456 e. The number of pyridine rings is 1. The Morgan fingerprint density at radius 3 is 2.47 bits per heavy atom. The van der Waals surface area contributed by atoms with E-state index in [0.29, 0.717) is 17.0 Å². The predicted molar refractivity (Wildman–Crippen MR) is 119 cm³/mol. The number of aryl methyl sites for hydroxylation is 1. The Morgan fingerprint density at radius 1 is 1.03 bits per heavy atom. The molecule has 9 heteroatoms. The molecule has 0 saturated carbocycles. The minimum Gasteiger partial charge on any atom is -0.456 e. The first-order chi connectivity index (χ1) is 15.3. The lowest BCUT2D eigenvalue weighted by atomic mass is 10.2. The van der Waals surface area contributed by atoms with E-state index in [1.807, 2.05) is 6.92 Å². The van der Waals surface area contributed by atoms with Gasteiger partial charge in [0.05, 0.1) is 16.2 Å². The van der Waals surface area contributed by atoms with Crippen molar-refractivity contribution in [1.82, 2.24) is 9.38 Å². The van der Waals surface area contributed by atoms with Crippen LogP contribution in [0.15, 0.2) is 88.7 Å². The summed E-state index contributed by atoms with van der Waals surface area (Å²) in [5.41, 5.74) is 2.07. The first-order valence-corrected chi connectivity index (χ1v) is 11.1. The third-order valence-electron chi connectivity index (χ3n) is 4.65. The van der Waals surface area contributed by atoms with Crippen LogP contribution in [0.1, 0.15) is 21.6 Å². The monoisotopic (exact) mass is 449 g/mol. The minimum absolute atomic E-state index is 0.0116. The molecule has 0 atom stereocenters. The molecule has 2 heterocycles. The van der Waals surface area contributed by atoms with E-state index in [9.17, 15) is 18.0 Å². The zero-order valence-corrected chi connectivity index (χ0v) is 17.9. The van der Waals surface area contributed by atoms with E-state index in [-0.39, 0.29) is 22.6 Å². The molecular formula is C23H19N3O5S. The summed E-state index contributed by atoms with van der Waals surface area (Å²) < 4.78 is 34.1. The van der Waals surface area contributed by atoms with Gasteiger partial charge in [-0.05, 0) is 61.0 Å². The van der Waals surface area contributed by atoms with Gasteiger partial charge in [0.2, 0.25) is 0 Å². The summed E-state index contributed by atoms with van der Waals surface area (Å²) in [6.07, 6.45) is 1.64. The van der Waals surface area contributed by atoms with Gasteiger partial charge >= 0.3 is 5.97 Å². The van der Waals surface area contributed by atoms with Gasteiger partial charge in [0.1, 0.15) is 12.3 Å². The van der Waals surface area contributed by atoms with Gasteiger partial charge in [-0.25, -0.2) is 18.2 Å². The van der Waals surface area contributed by atoms with Crippen LogP contribution in [0.3, 0.4) is 0 Å². The van der Waals surface area contributed by atoms with E-state index in [1.165, 1.54) is 34.7 Å². The summed E-state index contributed by atoms with van der Waals surface area (Å²) in [7, 11) is -3.79. The van der Waals surface area contributed by atoms with E-state index < -0.39 is 16.0 Å². The lowest BCUT2D eigenvalue weighted by molar-refractivity contribution is 0.0467. The van der Waals surface area contributed by atoms with Crippen LogP contribution in [-0.2, 0) is 21.4 Å². The maximum Gasteiger partial charge on any atom is 0.338 e. The van der Waals surface area contributed by atoms with Crippen molar-refractivity contribution < 1.29 is 17.9 Å². The molecule has 2 aromatic carbocycles. The van der Waals surface area contributed by atoms with Crippen LogP contribution in [-0.4, -0.2) is 23.8 Å². The molecule has 8 nitrogen and oxygen atoms in total. The van der Waals surface area contributed by atoms with Crippen molar-refractivity contribution in [2.75, 3.05) is 4.72 Å². The Kier molecular flexibility index (Phi) is 5.74. The average Bonchev–Trinajstić information content (AvgIpc) is 2.77. The van der Waals surface area contributed by atoms with Crippen LogP contribution in [0, 0.1) is 6.92 Å². The molecule has 1 N–H and O–H groups in total. The second kappa shape index (κ2) is 8.64. The molecule has 0 amide bonds. The number of nitrogens with zero attached hydrogens (tertiary/aromatic N) is 2. The number of esters is 1. The molecule has 0 unspecified atom stereocenters. The van der Waals surface area contributed by atoms with E-state index in [1.54, 1.807) is 48.7 Å². The lowest BCUT2D eigenvalue weighted by Gasteiger charge is -2.09. The van der Waals surface area contributed by atoms with Crippen molar-refractivity contribution in [3.63, 3.8) is 0 Å². The molecule has 0 spiro atoms. The van der Waals surface area contributed by atoms with Gasteiger partial charge in [-0.3, -0.25) is 13.9 Å². The Balaban J connectivity index is 1.45. The standard InChI is InChI=1S/C23H19N3O5S/c1-16-11-12-26-21(13-16)24-19(14-22(26)27)15-31-23(28)17-7-9-20(10-8-17)32(29,30)25-18-5-3-2-4-6-18/h2-14,25H,15H2,1H3.